The van der Waals surface area contributed by atoms with Gasteiger partial charge < -0.3 is 14.0 Å². The lowest BCUT2D eigenvalue weighted by molar-refractivity contribution is -0.156. The number of hydrogen-bond acceptors (Lipinski definition) is 4. The van der Waals surface area contributed by atoms with Crippen molar-refractivity contribution in [2.45, 2.75) is 84.0 Å². The molecule has 0 aromatic heterocycles. The zero-order valence-electron chi connectivity index (χ0n) is 16.4. The van der Waals surface area contributed by atoms with Crippen LogP contribution in [-0.4, -0.2) is 29.9 Å². The largest absolute Gasteiger partial charge is 0.494 e. The third-order valence-electron chi connectivity index (χ3n) is 5.46. The van der Waals surface area contributed by atoms with E-state index < -0.39 is 12.7 Å². The predicted octanol–water partition coefficient (Wildman–Crippen LogP) is 3.36. The van der Waals surface area contributed by atoms with E-state index in [-0.39, 0.29) is 23.1 Å². The van der Waals surface area contributed by atoms with Gasteiger partial charge in [-0.05, 0) is 77.9 Å². The second kappa shape index (κ2) is 5.85. The van der Waals surface area contributed by atoms with Gasteiger partial charge in [0.1, 0.15) is 5.60 Å². The summed E-state index contributed by atoms with van der Waals surface area (Å²) in [5.74, 6) is -0.339. The fraction of sp³-hybridized carbons (Fsp3) is 0.650. The minimum absolute atomic E-state index is 0.141. The SMILES string of the molecule is CC(C)(C)OC(=O)[C@@H]1CCc2ccc(B3OC(C)(C)C(C)(C)O3)cc21. The summed E-state index contributed by atoms with van der Waals surface area (Å²) in [7, 11) is -0.407. The Morgan fingerprint density at radius 3 is 2.32 bits per heavy atom. The molecule has 1 heterocycles. The first kappa shape index (κ1) is 18.5. The molecule has 0 unspecified atom stereocenters. The molecule has 4 nitrogen and oxygen atoms in total. The summed E-state index contributed by atoms with van der Waals surface area (Å²) in [5, 5.41) is 0. The third-order valence-corrected chi connectivity index (χ3v) is 5.46. The molecule has 25 heavy (non-hydrogen) atoms. The normalized spacial score (nSPS) is 24.3. The molecule has 1 aromatic carbocycles. The Bertz CT molecular complexity index is 671. The number of fused-ring (bicyclic) bond motifs is 1. The number of carbonyl (C=O) groups is 1. The lowest BCUT2D eigenvalue weighted by Gasteiger charge is -2.32. The topological polar surface area (TPSA) is 44.8 Å². The van der Waals surface area contributed by atoms with Crippen molar-refractivity contribution in [1.29, 1.82) is 0 Å². The number of rotatable bonds is 2. The lowest BCUT2D eigenvalue weighted by Crippen LogP contribution is -2.41. The highest BCUT2D eigenvalue weighted by molar-refractivity contribution is 6.62. The minimum atomic E-state index is -0.469. The highest BCUT2D eigenvalue weighted by Crippen LogP contribution is 2.38. The van der Waals surface area contributed by atoms with E-state index in [0.717, 1.165) is 23.9 Å². The van der Waals surface area contributed by atoms with Crippen molar-refractivity contribution in [3.63, 3.8) is 0 Å². The third kappa shape index (κ3) is 3.49. The average molecular weight is 344 g/mol. The molecular formula is C20H29BO4. The van der Waals surface area contributed by atoms with Crippen molar-refractivity contribution in [2.75, 3.05) is 0 Å². The van der Waals surface area contributed by atoms with Gasteiger partial charge in [0.15, 0.2) is 0 Å². The Morgan fingerprint density at radius 2 is 1.76 bits per heavy atom. The van der Waals surface area contributed by atoms with Crippen LogP contribution in [0.25, 0.3) is 0 Å². The van der Waals surface area contributed by atoms with Gasteiger partial charge in [-0.1, -0.05) is 18.2 Å². The second-order valence-electron chi connectivity index (χ2n) is 9.17. The van der Waals surface area contributed by atoms with Crippen molar-refractivity contribution in [1.82, 2.24) is 0 Å². The first-order valence-electron chi connectivity index (χ1n) is 9.11. The van der Waals surface area contributed by atoms with E-state index in [1.807, 2.05) is 48.5 Å². The summed E-state index contributed by atoms with van der Waals surface area (Å²) in [5.41, 5.74) is 2.02. The Kier molecular flexibility index (Phi) is 4.32. The average Bonchev–Trinajstić information content (AvgIpc) is 2.95. The van der Waals surface area contributed by atoms with Gasteiger partial charge >= 0.3 is 13.1 Å². The molecule has 3 rings (SSSR count). The molecule has 0 N–H and O–H groups in total. The number of carbonyl (C=O) groups excluding carboxylic acids is 1. The molecular weight excluding hydrogens is 315 g/mol. The van der Waals surface area contributed by atoms with Crippen LogP contribution >= 0.6 is 0 Å². The van der Waals surface area contributed by atoms with Crippen LogP contribution in [0.1, 0.15) is 71.9 Å². The van der Waals surface area contributed by atoms with E-state index in [1.54, 1.807) is 0 Å². The van der Waals surface area contributed by atoms with Crippen molar-refractivity contribution in [2.24, 2.45) is 0 Å². The second-order valence-corrected chi connectivity index (χ2v) is 9.17. The fourth-order valence-electron chi connectivity index (χ4n) is 3.36. The molecule has 1 atom stereocenters. The Hall–Kier alpha value is -1.33. The van der Waals surface area contributed by atoms with Gasteiger partial charge in [-0.2, -0.15) is 0 Å². The predicted molar refractivity (Wildman–Crippen MR) is 99.1 cm³/mol. The molecule has 0 amide bonds. The highest BCUT2D eigenvalue weighted by Gasteiger charge is 2.52. The van der Waals surface area contributed by atoms with E-state index in [4.69, 9.17) is 14.0 Å². The molecule has 0 bridgehead atoms. The Morgan fingerprint density at radius 1 is 1.16 bits per heavy atom. The molecule has 0 radical (unpaired) electrons. The molecule has 1 aromatic rings. The fourth-order valence-corrected chi connectivity index (χ4v) is 3.36. The van der Waals surface area contributed by atoms with Crippen LogP contribution < -0.4 is 5.46 Å². The van der Waals surface area contributed by atoms with Crippen LogP contribution in [0.3, 0.4) is 0 Å². The van der Waals surface area contributed by atoms with Crippen LogP contribution in [0.5, 0.6) is 0 Å². The van der Waals surface area contributed by atoms with E-state index in [1.165, 1.54) is 5.56 Å². The smallest absolute Gasteiger partial charge is 0.459 e. The maximum absolute atomic E-state index is 12.6. The van der Waals surface area contributed by atoms with Crippen molar-refractivity contribution < 1.29 is 18.8 Å². The number of esters is 1. The molecule has 1 aliphatic carbocycles. The number of aryl methyl sites for hydroxylation is 1. The van der Waals surface area contributed by atoms with Crippen LogP contribution in [0, 0.1) is 0 Å². The van der Waals surface area contributed by atoms with Crippen LogP contribution in [0.2, 0.25) is 0 Å². The van der Waals surface area contributed by atoms with Crippen molar-refractivity contribution in [3.05, 3.63) is 29.3 Å². The molecule has 0 spiro atoms. The highest BCUT2D eigenvalue weighted by atomic mass is 16.7. The summed E-state index contributed by atoms with van der Waals surface area (Å²) in [6.07, 6.45) is 1.71. The van der Waals surface area contributed by atoms with E-state index in [9.17, 15) is 4.79 Å². The summed E-state index contributed by atoms with van der Waals surface area (Å²) in [6.45, 7) is 13.9. The molecule has 1 saturated heterocycles. The van der Waals surface area contributed by atoms with E-state index >= 15 is 0 Å². The Labute approximate surface area is 151 Å². The summed E-state index contributed by atoms with van der Waals surface area (Å²) in [6, 6.07) is 6.22. The van der Waals surface area contributed by atoms with Crippen molar-refractivity contribution >= 4 is 18.6 Å². The molecule has 0 saturated carbocycles. The molecule has 1 aliphatic heterocycles. The van der Waals surface area contributed by atoms with Gasteiger partial charge in [-0.15, -0.1) is 0 Å². The van der Waals surface area contributed by atoms with Crippen LogP contribution in [0.15, 0.2) is 18.2 Å². The maximum Gasteiger partial charge on any atom is 0.494 e. The van der Waals surface area contributed by atoms with Crippen LogP contribution in [0.4, 0.5) is 0 Å². The number of benzene rings is 1. The van der Waals surface area contributed by atoms with Gasteiger partial charge in [0.25, 0.3) is 0 Å². The summed E-state index contributed by atoms with van der Waals surface area (Å²) in [4.78, 5) is 12.6. The van der Waals surface area contributed by atoms with E-state index in [2.05, 4.69) is 18.2 Å². The minimum Gasteiger partial charge on any atom is -0.459 e. The molecule has 1 fully saturated rings. The lowest BCUT2D eigenvalue weighted by atomic mass is 9.77. The zero-order valence-corrected chi connectivity index (χ0v) is 16.4. The number of ether oxygens (including phenoxy) is 1. The van der Waals surface area contributed by atoms with Gasteiger partial charge in [0.2, 0.25) is 0 Å². The van der Waals surface area contributed by atoms with Gasteiger partial charge in [0, 0.05) is 0 Å². The summed E-state index contributed by atoms with van der Waals surface area (Å²) < 4.78 is 17.9. The van der Waals surface area contributed by atoms with Gasteiger partial charge in [-0.3, -0.25) is 4.79 Å². The van der Waals surface area contributed by atoms with Crippen LogP contribution in [-0.2, 0) is 25.3 Å². The Balaban J connectivity index is 1.85. The van der Waals surface area contributed by atoms with Gasteiger partial charge in [0.05, 0.1) is 17.1 Å². The molecule has 5 heteroatoms. The molecule has 2 aliphatic rings. The molecule has 136 valence electrons. The summed E-state index contributed by atoms with van der Waals surface area (Å²) >= 11 is 0. The first-order chi connectivity index (χ1) is 11.4. The van der Waals surface area contributed by atoms with Gasteiger partial charge in [-0.25, -0.2) is 0 Å². The monoisotopic (exact) mass is 344 g/mol. The first-order valence-corrected chi connectivity index (χ1v) is 9.11. The standard InChI is InChI=1S/C20H29BO4/c1-18(2,3)23-17(22)15-11-9-13-8-10-14(12-16(13)15)21-24-19(4,5)20(6,7)25-21/h8,10,12,15H,9,11H2,1-7H3/t15-/m1/s1. The van der Waals surface area contributed by atoms with Crippen molar-refractivity contribution in [3.8, 4) is 0 Å². The van der Waals surface area contributed by atoms with E-state index in [0.29, 0.717) is 0 Å². The zero-order chi connectivity index (χ0) is 18.6. The maximum atomic E-state index is 12.6. The quantitative estimate of drug-likeness (QED) is 0.610. The number of hydrogen-bond donors (Lipinski definition) is 0.